The zero-order valence-corrected chi connectivity index (χ0v) is 10.1. The number of anilines is 1. The maximum absolute atomic E-state index is 10.5. The van der Waals surface area contributed by atoms with Crippen LogP contribution >= 0.6 is 11.3 Å². The van der Waals surface area contributed by atoms with Crippen LogP contribution in [-0.4, -0.2) is 16.1 Å². The smallest absolute Gasteiger partial charge is 0.309 e. The second-order valence-corrected chi connectivity index (χ2v) is 4.44. The molecule has 0 aliphatic rings. The Balaban J connectivity index is 1.91. The summed E-state index contributed by atoms with van der Waals surface area (Å²) < 4.78 is 5.40. The van der Waals surface area contributed by atoms with E-state index in [0.717, 1.165) is 11.5 Å². The van der Waals surface area contributed by atoms with Crippen molar-refractivity contribution in [1.29, 1.82) is 0 Å². The Hall–Kier alpha value is -1.82. The van der Waals surface area contributed by atoms with Gasteiger partial charge in [-0.1, -0.05) is 0 Å². The standard InChI is InChI=1S/C11H12N2O3S/c1-7-2-3-9(16-7)5-12-11-13-8(6-17-11)4-10(14)15/h2-3,6H,4-5H2,1H3,(H,12,13)(H,14,15). The fourth-order valence-electron chi connectivity index (χ4n) is 1.37. The fourth-order valence-corrected chi connectivity index (χ4v) is 2.08. The zero-order chi connectivity index (χ0) is 12.3. The number of aliphatic carboxylic acids is 1. The van der Waals surface area contributed by atoms with Crippen molar-refractivity contribution in [2.75, 3.05) is 5.32 Å². The summed E-state index contributed by atoms with van der Waals surface area (Å²) in [5.74, 6) is 0.827. The van der Waals surface area contributed by atoms with Gasteiger partial charge < -0.3 is 14.8 Å². The third-order valence-corrected chi connectivity index (χ3v) is 2.94. The quantitative estimate of drug-likeness (QED) is 0.853. The van der Waals surface area contributed by atoms with E-state index >= 15 is 0 Å². The van der Waals surface area contributed by atoms with Crippen LogP contribution in [0.3, 0.4) is 0 Å². The van der Waals surface area contributed by atoms with Gasteiger partial charge in [-0.05, 0) is 19.1 Å². The number of carboxylic acids is 1. The van der Waals surface area contributed by atoms with Crippen LogP contribution in [0.2, 0.25) is 0 Å². The molecule has 5 nitrogen and oxygen atoms in total. The molecule has 0 aliphatic heterocycles. The Kier molecular flexibility index (Phi) is 3.43. The normalized spacial score (nSPS) is 10.4. The van der Waals surface area contributed by atoms with Gasteiger partial charge in [0.25, 0.3) is 0 Å². The number of hydrogen-bond acceptors (Lipinski definition) is 5. The molecule has 0 amide bonds. The number of nitrogens with one attached hydrogen (secondary N) is 1. The van der Waals surface area contributed by atoms with E-state index in [1.807, 2.05) is 19.1 Å². The minimum Gasteiger partial charge on any atom is -0.481 e. The molecule has 0 fully saturated rings. The summed E-state index contributed by atoms with van der Waals surface area (Å²) in [5.41, 5.74) is 0.570. The fraction of sp³-hybridized carbons (Fsp3) is 0.273. The lowest BCUT2D eigenvalue weighted by atomic mass is 10.3. The highest BCUT2D eigenvalue weighted by Gasteiger charge is 2.06. The molecule has 0 bridgehead atoms. The molecule has 0 atom stereocenters. The van der Waals surface area contributed by atoms with Crippen molar-refractivity contribution < 1.29 is 14.3 Å². The monoisotopic (exact) mass is 252 g/mol. The predicted molar refractivity (Wildman–Crippen MR) is 64.2 cm³/mol. The Labute approximate surface area is 102 Å². The van der Waals surface area contributed by atoms with Crippen LogP contribution in [-0.2, 0) is 17.8 Å². The van der Waals surface area contributed by atoms with Crippen LogP contribution in [0, 0.1) is 6.92 Å². The van der Waals surface area contributed by atoms with Crippen molar-refractivity contribution in [3.05, 3.63) is 34.7 Å². The highest BCUT2D eigenvalue weighted by molar-refractivity contribution is 7.13. The van der Waals surface area contributed by atoms with Gasteiger partial charge in [0, 0.05) is 5.38 Å². The maximum Gasteiger partial charge on any atom is 0.309 e. The average Bonchev–Trinajstić information content (AvgIpc) is 2.84. The molecule has 2 N–H and O–H groups in total. The molecule has 2 heterocycles. The second-order valence-electron chi connectivity index (χ2n) is 3.58. The molecule has 0 saturated carbocycles. The van der Waals surface area contributed by atoms with Crippen LogP contribution in [0.5, 0.6) is 0 Å². The molecular weight excluding hydrogens is 240 g/mol. The minimum absolute atomic E-state index is 0.0436. The van der Waals surface area contributed by atoms with Gasteiger partial charge in [-0.25, -0.2) is 4.98 Å². The zero-order valence-electron chi connectivity index (χ0n) is 9.27. The summed E-state index contributed by atoms with van der Waals surface area (Å²) in [6.45, 7) is 2.44. The second kappa shape index (κ2) is 5.01. The Morgan fingerprint density at radius 1 is 1.59 bits per heavy atom. The lowest BCUT2D eigenvalue weighted by Crippen LogP contribution is -2.01. The molecule has 0 unspecified atom stereocenters. The van der Waals surface area contributed by atoms with Crippen LogP contribution in [0.15, 0.2) is 21.9 Å². The number of furan rings is 1. The highest BCUT2D eigenvalue weighted by Crippen LogP contribution is 2.17. The van der Waals surface area contributed by atoms with Crippen molar-refractivity contribution >= 4 is 22.4 Å². The minimum atomic E-state index is -0.872. The molecule has 0 aromatic carbocycles. The summed E-state index contributed by atoms with van der Waals surface area (Å²) in [7, 11) is 0. The first-order valence-corrected chi connectivity index (χ1v) is 5.97. The predicted octanol–water partition coefficient (Wildman–Crippen LogP) is 2.28. The van der Waals surface area contributed by atoms with E-state index < -0.39 is 5.97 Å². The number of nitrogens with zero attached hydrogens (tertiary/aromatic N) is 1. The molecule has 90 valence electrons. The number of carboxylic acid groups (broad SMARTS) is 1. The Morgan fingerprint density at radius 3 is 3.06 bits per heavy atom. The van der Waals surface area contributed by atoms with Crippen LogP contribution in [0.25, 0.3) is 0 Å². The van der Waals surface area contributed by atoms with Crippen molar-refractivity contribution in [2.24, 2.45) is 0 Å². The number of rotatable bonds is 5. The van der Waals surface area contributed by atoms with Crippen LogP contribution in [0.4, 0.5) is 5.13 Å². The van der Waals surface area contributed by atoms with Crippen molar-refractivity contribution in [3.8, 4) is 0 Å². The van der Waals surface area contributed by atoms with Gasteiger partial charge in [0.2, 0.25) is 0 Å². The van der Waals surface area contributed by atoms with Crippen molar-refractivity contribution in [2.45, 2.75) is 19.9 Å². The number of aryl methyl sites for hydroxylation is 1. The summed E-state index contributed by atoms with van der Waals surface area (Å²) in [4.78, 5) is 14.6. The summed E-state index contributed by atoms with van der Waals surface area (Å²) >= 11 is 1.39. The molecule has 6 heteroatoms. The van der Waals surface area contributed by atoms with E-state index in [9.17, 15) is 4.79 Å². The summed E-state index contributed by atoms with van der Waals surface area (Å²) in [6.07, 6.45) is -0.0436. The van der Waals surface area contributed by atoms with E-state index in [2.05, 4.69) is 10.3 Å². The molecule has 0 saturated heterocycles. The molecule has 17 heavy (non-hydrogen) atoms. The van der Waals surface area contributed by atoms with E-state index in [1.54, 1.807) is 5.38 Å². The first-order chi connectivity index (χ1) is 8.13. The lowest BCUT2D eigenvalue weighted by molar-refractivity contribution is -0.136. The number of thiazole rings is 1. The van der Waals surface area contributed by atoms with Crippen LogP contribution in [0.1, 0.15) is 17.2 Å². The molecule has 0 aliphatic carbocycles. The molecule has 0 spiro atoms. The SMILES string of the molecule is Cc1ccc(CNc2nc(CC(=O)O)cs2)o1. The van der Waals surface area contributed by atoms with E-state index in [4.69, 9.17) is 9.52 Å². The number of aromatic nitrogens is 1. The molecule has 0 radical (unpaired) electrons. The number of carbonyl (C=O) groups is 1. The topological polar surface area (TPSA) is 75.4 Å². The third kappa shape index (κ3) is 3.32. The lowest BCUT2D eigenvalue weighted by Gasteiger charge is -1.98. The average molecular weight is 252 g/mol. The van der Waals surface area contributed by atoms with Gasteiger partial charge in [0.05, 0.1) is 18.7 Å². The van der Waals surface area contributed by atoms with Gasteiger partial charge >= 0.3 is 5.97 Å². The first-order valence-electron chi connectivity index (χ1n) is 5.09. The first kappa shape index (κ1) is 11.7. The highest BCUT2D eigenvalue weighted by atomic mass is 32.1. The van der Waals surface area contributed by atoms with Gasteiger partial charge in [0.1, 0.15) is 11.5 Å². The van der Waals surface area contributed by atoms with E-state index in [-0.39, 0.29) is 6.42 Å². The van der Waals surface area contributed by atoms with Gasteiger partial charge in [0.15, 0.2) is 5.13 Å². The van der Waals surface area contributed by atoms with Crippen molar-refractivity contribution in [1.82, 2.24) is 4.98 Å². The molecule has 2 aromatic rings. The molecular formula is C11H12N2O3S. The summed E-state index contributed by atoms with van der Waals surface area (Å²) in [5, 5.41) is 14.1. The van der Waals surface area contributed by atoms with E-state index in [1.165, 1.54) is 11.3 Å². The third-order valence-electron chi connectivity index (χ3n) is 2.09. The Morgan fingerprint density at radius 2 is 2.41 bits per heavy atom. The van der Waals surface area contributed by atoms with Crippen LogP contribution < -0.4 is 5.32 Å². The maximum atomic E-state index is 10.5. The molecule has 2 aromatic heterocycles. The van der Waals surface area contributed by atoms with Gasteiger partial charge in [-0.2, -0.15) is 0 Å². The number of hydrogen-bond donors (Lipinski definition) is 2. The largest absolute Gasteiger partial charge is 0.481 e. The summed E-state index contributed by atoms with van der Waals surface area (Å²) in [6, 6.07) is 3.79. The van der Waals surface area contributed by atoms with Gasteiger partial charge in [-0.15, -0.1) is 11.3 Å². The Bertz CT molecular complexity index is 518. The van der Waals surface area contributed by atoms with Crippen molar-refractivity contribution in [3.63, 3.8) is 0 Å². The van der Waals surface area contributed by atoms with E-state index in [0.29, 0.717) is 17.4 Å². The molecule has 2 rings (SSSR count). The van der Waals surface area contributed by atoms with Gasteiger partial charge in [-0.3, -0.25) is 4.79 Å².